The van der Waals surface area contributed by atoms with Crippen LogP contribution in [0.1, 0.15) is 19.2 Å². The van der Waals surface area contributed by atoms with Crippen molar-refractivity contribution in [3.05, 3.63) is 40.4 Å². The molecule has 106 valence electrons. The zero-order chi connectivity index (χ0) is 14.5. The van der Waals surface area contributed by atoms with Gasteiger partial charge in [0.1, 0.15) is 23.3 Å². The largest absolute Gasteiger partial charge is 0.340 e. The molecular formula is C13H15BrFN5. The average molecular weight is 340 g/mol. The zero-order valence-corrected chi connectivity index (χ0v) is 12.5. The van der Waals surface area contributed by atoms with E-state index in [0.29, 0.717) is 27.6 Å². The molecule has 0 atom stereocenters. The number of nitrogens with zero attached hydrogens (tertiary/aromatic N) is 2. The van der Waals surface area contributed by atoms with Gasteiger partial charge in [-0.2, -0.15) is 0 Å². The van der Waals surface area contributed by atoms with Crippen molar-refractivity contribution in [2.75, 3.05) is 10.7 Å². The highest BCUT2D eigenvalue weighted by Crippen LogP contribution is 2.22. The molecule has 0 fully saturated rings. The van der Waals surface area contributed by atoms with Crippen molar-refractivity contribution in [1.82, 2.24) is 9.97 Å². The Labute approximate surface area is 124 Å². The Bertz CT molecular complexity index is 605. The predicted molar refractivity (Wildman–Crippen MR) is 81.2 cm³/mol. The lowest BCUT2D eigenvalue weighted by molar-refractivity contribution is 0.622. The molecule has 1 aromatic heterocycles. The summed E-state index contributed by atoms with van der Waals surface area (Å²) in [7, 11) is 0. The third-order valence-corrected chi connectivity index (χ3v) is 3.23. The van der Waals surface area contributed by atoms with Crippen LogP contribution >= 0.6 is 15.9 Å². The summed E-state index contributed by atoms with van der Waals surface area (Å²) >= 11 is 3.11. The van der Waals surface area contributed by atoms with E-state index in [-0.39, 0.29) is 5.82 Å². The Morgan fingerprint density at radius 2 is 2.00 bits per heavy atom. The van der Waals surface area contributed by atoms with Crippen molar-refractivity contribution < 1.29 is 4.39 Å². The Morgan fingerprint density at radius 1 is 1.25 bits per heavy atom. The second-order valence-corrected chi connectivity index (χ2v) is 5.06. The predicted octanol–water partition coefficient (Wildman–Crippen LogP) is 3.36. The molecule has 1 aromatic carbocycles. The minimum absolute atomic E-state index is 0.338. The summed E-state index contributed by atoms with van der Waals surface area (Å²) in [5.74, 6) is 6.82. The standard InChI is InChI=1S/C13H15BrFN5/c1-2-3-11-18-12(7-13(19-11)20-16)17-8-4-5-9(14)10(15)6-8/h4-7H,2-3,16H2,1H3,(H2,17,18,19,20). The number of nitrogens with one attached hydrogen (secondary N) is 2. The summed E-state index contributed by atoms with van der Waals surface area (Å²) in [6.45, 7) is 2.04. The highest BCUT2D eigenvalue weighted by atomic mass is 79.9. The molecule has 0 spiro atoms. The number of hydrazine groups is 1. The molecule has 0 aliphatic rings. The van der Waals surface area contributed by atoms with Crippen LogP contribution in [-0.2, 0) is 6.42 Å². The van der Waals surface area contributed by atoms with E-state index in [0.717, 1.165) is 12.8 Å². The Balaban J connectivity index is 2.27. The molecule has 0 aliphatic carbocycles. The molecule has 2 aromatic rings. The highest BCUT2D eigenvalue weighted by Gasteiger charge is 2.06. The third kappa shape index (κ3) is 3.64. The molecule has 0 saturated heterocycles. The van der Waals surface area contributed by atoms with Crippen molar-refractivity contribution >= 4 is 33.3 Å². The first kappa shape index (κ1) is 14.7. The molecule has 4 N–H and O–H groups in total. The lowest BCUT2D eigenvalue weighted by atomic mass is 10.3. The van der Waals surface area contributed by atoms with E-state index in [1.165, 1.54) is 6.07 Å². The van der Waals surface area contributed by atoms with Crippen molar-refractivity contribution in [2.24, 2.45) is 5.84 Å². The van der Waals surface area contributed by atoms with Crippen LogP contribution in [0.5, 0.6) is 0 Å². The first-order valence-electron chi connectivity index (χ1n) is 6.19. The van der Waals surface area contributed by atoms with Crippen molar-refractivity contribution in [2.45, 2.75) is 19.8 Å². The van der Waals surface area contributed by atoms with Gasteiger partial charge >= 0.3 is 0 Å². The molecule has 1 heterocycles. The van der Waals surface area contributed by atoms with E-state index < -0.39 is 0 Å². The maximum atomic E-state index is 13.5. The van der Waals surface area contributed by atoms with Crippen LogP contribution < -0.4 is 16.6 Å². The molecular weight excluding hydrogens is 325 g/mol. The van der Waals surface area contributed by atoms with Gasteiger partial charge in [-0.25, -0.2) is 20.2 Å². The number of aromatic nitrogens is 2. The molecule has 0 unspecified atom stereocenters. The normalized spacial score (nSPS) is 10.4. The fourth-order valence-corrected chi connectivity index (χ4v) is 1.94. The molecule has 5 nitrogen and oxygen atoms in total. The first-order chi connectivity index (χ1) is 9.62. The lowest BCUT2D eigenvalue weighted by Gasteiger charge is -2.10. The number of hydrogen-bond acceptors (Lipinski definition) is 5. The molecule has 0 bridgehead atoms. The van der Waals surface area contributed by atoms with E-state index in [4.69, 9.17) is 5.84 Å². The van der Waals surface area contributed by atoms with Gasteiger partial charge in [0, 0.05) is 18.2 Å². The van der Waals surface area contributed by atoms with E-state index in [9.17, 15) is 4.39 Å². The van der Waals surface area contributed by atoms with Crippen molar-refractivity contribution in [1.29, 1.82) is 0 Å². The molecule has 0 amide bonds. The molecule has 0 radical (unpaired) electrons. The van der Waals surface area contributed by atoms with Gasteiger partial charge < -0.3 is 10.7 Å². The van der Waals surface area contributed by atoms with E-state index in [1.807, 2.05) is 6.92 Å². The van der Waals surface area contributed by atoms with Gasteiger partial charge in [-0.3, -0.25) is 0 Å². The number of anilines is 3. The van der Waals surface area contributed by atoms with Crippen LogP contribution in [0.25, 0.3) is 0 Å². The number of halogens is 2. The molecule has 2 rings (SSSR count). The number of benzene rings is 1. The third-order valence-electron chi connectivity index (χ3n) is 2.59. The fourth-order valence-electron chi connectivity index (χ4n) is 1.69. The summed E-state index contributed by atoms with van der Waals surface area (Å²) < 4.78 is 13.9. The zero-order valence-electron chi connectivity index (χ0n) is 11.0. The first-order valence-corrected chi connectivity index (χ1v) is 6.98. The summed E-state index contributed by atoms with van der Waals surface area (Å²) in [5, 5.41) is 3.04. The number of aryl methyl sites for hydroxylation is 1. The smallest absolute Gasteiger partial charge is 0.145 e. The van der Waals surface area contributed by atoms with Crippen LogP contribution in [0.3, 0.4) is 0 Å². The van der Waals surface area contributed by atoms with Gasteiger partial charge in [-0.05, 0) is 40.5 Å². The number of nitrogen functional groups attached to an aromatic ring is 1. The van der Waals surface area contributed by atoms with Crippen LogP contribution in [0.15, 0.2) is 28.7 Å². The topological polar surface area (TPSA) is 75.9 Å². The van der Waals surface area contributed by atoms with Crippen LogP contribution in [0.2, 0.25) is 0 Å². The second-order valence-electron chi connectivity index (χ2n) is 4.20. The van der Waals surface area contributed by atoms with Gasteiger partial charge in [0.2, 0.25) is 0 Å². The van der Waals surface area contributed by atoms with Gasteiger partial charge in [0.05, 0.1) is 4.47 Å². The van der Waals surface area contributed by atoms with Crippen LogP contribution in [0.4, 0.5) is 21.7 Å². The average Bonchev–Trinajstić information content (AvgIpc) is 2.43. The van der Waals surface area contributed by atoms with E-state index in [1.54, 1.807) is 18.2 Å². The quantitative estimate of drug-likeness (QED) is 0.575. The maximum absolute atomic E-state index is 13.5. The molecule has 20 heavy (non-hydrogen) atoms. The SMILES string of the molecule is CCCc1nc(NN)cc(Nc2ccc(Br)c(F)c2)n1. The van der Waals surface area contributed by atoms with Gasteiger partial charge in [-0.1, -0.05) is 6.92 Å². The second kappa shape index (κ2) is 6.62. The Morgan fingerprint density at radius 3 is 2.65 bits per heavy atom. The van der Waals surface area contributed by atoms with Crippen molar-refractivity contribution in [3.63, 3.8) is 0 Å². The monoisotopic (exact) mass is 339 g/mol. The van der Waals surface area contributed by atoms with Crippen molar-refractivity contribution in [3.8, 4) is 0 Å². The van der Waals surface area contributed by atoms with E-state index >= 15 is 0 Å². The number of nitrogens with two attached hydrogens (primary N) is 1. The highest BCUT2D eigenvalue weighted by molar-refractivity contribution is 9.10. The molecule has 7 heteroatoms. The van der Waals surface area contributed by atoms with Crippen LogP contribution in [-0.4, -0.2) is 9.97 Å². The van der Waals surface area contributed by atoms with Gasteiger partial charge in [0.25, 0.3) is 0 Å². The maximum Gasteiger partial charge on any atom is 0.145 e. The molecule has 0 aliphatic heterocycles. The van der Waals surface area contributed by atoms with Gasteiger partial charge in [-0.15, -0.1) is 0 Å². The summed E-state index contributed by atoms with van der Waals surface area (Å²) in [6.07, 6.45) is 1.68. The summed E-state index contributed by atoms with van der Waals surface area (Å²) in [5.41, 5.74) is 3.11. The molecule has 0 saturated carbocycles. The summed E-state index contributed by atoms with van der Waals surface area (Å²) in [6, 6.07) is 6.44. The fraction of sp³-hybridized carbons (Fsp3) is 0.231. The van der Waals surface area contributed by atoms with E-state index in [2.05, 4.69) is 36.6 Å². The minimum atomic E-state index is -0.338. The Hall–Kier alpha value is -1.73. The minimum Gasteiger partial charge on any atom is -0.340 e. The van der Waals surface area contributed by atoms with Gasteiger partial charge in [0.15, 0.2) is 0 Å². The number of hydrogen-bond donors (Lipinski definition) is 3. The lowest BCUT2D eigenvalue weighted by Crippen LogP contribution is -2.11. The number of rotatable bonds is 5. The Kier molecular flexibility index (Phi) is 4.86. The van der Waals surface area contributed by atoms with Crippen LogP contribution in [0, 0.1) is 5.82 Å². The summed E-state index contributed by atoms with van der Waals surface area (Å²) in [4.78, 5) is 8.61.